The lowest BCUT2D eigenvalue weighted by Crippen LogP contribution is -2.46. The maximum absolute atomic E-state index is 13.0. The molecule has 2 atom stereocenters. The first-order valence-electron chi connectivity index (χ1n) is 11.3. The van der Waals surface area contributed by atoms with Crippen LogP contribution in [0.3, 0.4) is 0 Å². The van der Waals surface area contributed by atoms with E-state index in [-0.39, 0.29) is 35.4 Å². The van der Waals surface area contributed by atoms with Gasteiger partial charge >= 0.3 is 11.9 Å². The molecular formula is C25H19F3N4O4. The number of alkyl halides is 3. The van der Waals surface area contributed by atoms with E-state index in [0.29, 0.717) is 31.0 Å². The molecule has 1 spiro atoms. The maximum atomic E-state index is 13.0. The van der Waals surface area contributed by atoms with Gasteiger partial charge in [-0.1, -0.05) is 18.2 Å². The minimum Gasteiger partial charge on any atom is -0.472 e. The zero-order valence-corrected chi connectivity index (χ0v) is 18.8. The van der Waals surface area contributed by atoms with Gasteiger partial charge < -0.3 is 19.1 Å². The Morgan fingerprint density at radius 1 is 1.19 bits per heavy atom. The fourth-order valence-electron chi connectivity index (χ4n) is 5.14. The second kappa shape index (κ2) is 7.99. The van der Waals surface area contributed by atoms with Crippen LogP contribution in [0.25, 0.3) is 0 Å². The van der Waals surface area contributed by atoms with E-state index in [1.54, 1.807) is 41.0 Å². The van der Waals surface area contributed by atoms with Crippen LogP contribution in [0.4, 0.5) is 19.0 Å². The molecule has 3 aromatic rings. The van der Waals surface area contributed by atoms with Crippen molar-refractivity contribution in [3.8, 4) is 23.4 Å². The second-order valence-electron chi connectivity index (χ2n) is 9.11. The molecule has 3 aliphatic rings. The summed E-state index contributed by atoms with van der Waals surface area (Å²) >= 11 is 0. The molecule has 8 nitrogen and oxygen atoms in total. The lowest BCUT2D eigenvalue weighted by Gasteiger charge is -2.32. The Kier molecular flexibility index (Phi) is 4.98. The highest BCUT2D eigenvalue weighted by Gasteiger charge is 2.56. The van der Waals surface area contributed by atoms with Gasteiger partial charge in [-0.15, -0.1) is 0 Å². The van der Waals surface area contributed by atoms with Crippen LogP contribution in [0.5, 0.6) is 17.4 Å². The van der Waals surface area contributed by atoms with Crippen molar-refractivity contribution in [1.82, 2.24) is 9.55 Å². The lowest BCUT2D eigenvalue weighted by atomic mass is 10.0. The number of rotatable bonds is 5. The summed E-state index contributed by atoms with van der Waals surface area (Å²) in [6.45, 7) is 1.82. The molecule has 36 heavy (non-hydrogen) atoms. The van der Waals surface area contributed by atoms with Crippen LogP contribution in [0, 0.1) is 11.3 Å². The van der Waals surface area contributed by atoms with Crippen LogP contribution in [0.1, 0.15) is 23.1 Å². The molecule has 2 saturated heterocycles. The third-order valence-electron chi connectivity index (χ3n) is 6.84. The van der Waals surface area contributed by atoms with Crippen LogP contribution in [-0.4, -0.2) is 34.3 Å². The van der Waals surface area contributed by atoms with Crippen molar-refractivity contribution >= 4 is 5.82 Å². The standard InChI is InChI=1S/C25H19F3N4O4/c26-25(27,28)17-5-6-20(16(7-17)10-29)36-19-4-2-1-3-15(19)12-34-21-8-22-31(23(33)30-21)13-24-9-18(35-14-24)11-32(22)24/h1-8,18H,9,11-14H2/t18-,24+/m0/s1. The number of morpholine rings is 1. The summed E-state index contributed by atoms with van der Waals surface area (Å²) in [5, 5.41) is 9.34. The molecule has 0 unspecified atom stereocenters. The summed E-state index contributed by atoms with van der Waals surface area (Å²) in [4.78, 5) is 19.0. The van der Waals surface area contributed by atoms with E-state index in [2.05, 4.69) is 9.88 Å². The highest BCUT2D eigenvalue weighted by molar-refractivity contribution is 5.53. The van der Waals surface area contributed by atoms with Gasteiger partial charge in [-0.2, -0.15) is 23.4 Å². The lowest BCUT2D eigenvalue weighted by molar-refractivity contribution is -0.137. The normalized spacial score (nSPS) is 21.7. The minimum absolute atomic E-state index is 0.00847. The van der Waals surface area contributed by atoms with Gasteiger partial charge in [0, 0.05) is 24.6 Å². The minimum atomic E-state index is -4.57. The van der Waals surface area contributed by atoms with Crippen molar-refractivity contribution in [3.63, 3.8) is 0 Å². The number of ether oxygens (including phenoxy) is 3. The molecule has 2 aromatic carbocycles. The van der Waals surface area contributed by atoms with Crippen molar-refractivity contribution in [3.05, 3.63) is 75.7 Å². The van der Waals surface area contributed by atoms with Crippen LogP contribution in [0.15, 0.2) is 53.3 Å². The molecular weight excluding hydrogens is 477 g/mol. The summed E-state index contributed by atoms with van der Waals surface area (Å²) < 4.78 is 58.1. The van der Waals surface area contributed by atoms with Gasteiger partial charge in [0.1, 0.15) is 30.0 Å². The van der Waals surface area contributed by atoms with Crippen LogP contribution >= 0.6 is 0 Å². The summed E-state index contributed by atoms with van der Waals surface area (Å²) in [5.74, 6) is 1.21. The third kappa shape index (κ3) is 3.65. The molecule has 0 N–H and O–H groups in total. The molecule has 4 heterocycles. The second-order valence-corrected chi connectivity index (χ2v) is 9.11. The number of halogens is 3. The molecule has 1 aromatic heterocycles. The highest BCUT2D eigenvalue weighted by atomic mass is 19.4. The number of fused-ring (bicyclic) bond motifs is 3. The van der Waals surface area contributed by atoms with Crippen molar-refractivity contribution in [2.75, 3.05) is 18.1 Å². The average Bonchev–Trinajstić information content (AvgIpc) is 3.52. The summed E-state index contributed by atoms with van der Waals surface area (Å²) in [5.41, 5.74) is -1.21. The number of para-hydroxylation sites is 1. The molecule has 2 bridgehead atoms. The first-order valence-corrected chi connectivity index (χ1v) is 11.3. The largest absolute Gasteiger partial charge is 0.472 e. The van der Waals surface area contributed by atoms with E-state index < -0.39 is 17.4 Å². The van der Waals surface area contributed by atoms with Gasteiger partial charge in [0.05, 0.1) is 35.9 Å². The van der Waals surface area contributed by atoms with E-state index in [1.165, 1.54) is 0 Å². The van der Waals surface area contributed by atoms with E-state index in [4.69, 9.17) is 14.2 Å². The van der Waals surface area contributed by atoms with Gasteiger partial charge in [0.2, 0.25) is 5.88 Å². The SMILES string of the molecule is N#Cc1cc(C(F)(F)F)ccc1Oc1ccccc1COc1cc2n(c(=O)n1)C[C@]13CO[C@H](CN21)C3. The van der Waals surface area contributed by atoms with Crippen LogP contribution < -0.4 is 20.1 Å². The van der Waals surface area contributed by atoms with E-state index >= 15 is 0 Å². The smallest absolute Gasteiger partial charge is 0.416 e. The van der Waals surface area contributed by atoms with Gasteiger partial charge in [0.15, 0.2) is 0 Å². The first kappa shape index (κ1) is 22.4. The number of nitrogens with zero attached hydrogens (tertiary/aromatic N) is 4. The van der Waals surface area contributed by atoms with Gasteiger partial charge in [0.25, 0.3) is 0 Å². The summed E-state index contributed by atoms with van der Waals surface area (Å²) in [7, 11) is 0. The zero-order chi connectivity index (χ0) is 25.1. The number of hydrogen-bond acceptors (Lipinski definition) is 7. The molecule has 0 amide bonds. The predicted octanol–water partition coefficient (Wildman–Crippen LogP) is 3.87. The topological polar surface area (TPSA) is 89.6 Å². The highest BCUT2D eigenvalue weighted by Crippen LogP contribution is 2.46. The van der Waals surface area contributed by atoms with Gasteiger partial charge in [-0.25, -0.2) is 4.79 Å². The maximum Gasteiger partial charge on any atom is 0.416 e. The Morgan fingerprint density at radius 3 is 2.81 bits per heavy atom. The van der Waals surface area contributed by atoms with Crippen molar-refractivity contribution in [2.45, 2.75) is 37.4 Å². The number of hydrogen-bond donors (Lipinski definition) is 0. The molecule has 6 rings (SSSR count). The predicted molar refractivity (Wildman–Crippen MR) is 120 cm³/mol. The first-order chi connectivity index (χ1) is 17.3. The Morgan fingerprint density at radius 2 is 2.03 bits per heavy atom. The Hall–Kier alpha value is -4.04. The summed E-state index contributed by atoms with van der Waals surface area (Å²) in [6.07, 6.45) is -3.53. The van der Waals surface area contributed by atoms with E-state index in [1.807, 2.05) is 0 Å². The fourth-order valence-corrected chi connectivity index (χ4v) is 5.14. The molecule has 184 valence electrons. The molecule has 0 aliphatic carbocycles. The van der Waals surface area contributed by atoms with Crippen LogP contribution in [0.2, 0.25) is 0 Å². The third-order valence-corrected chi connectivity index (χ3v) is 6.84. The number of aromatic nitrogens is 2. The average molecular weight is 496 g/mol. The Labute approximate surface area is 203 Å². The van der Waals surface area contributed by atoms with Gasteiger partial charge in [-0.05, 0) is 24.3 Å². The molecule has 2 fully saturated rings. The van der Waals surface area contributed by atoms with Crippen molar-refractivity contribution < 1.29 is 27.4 Å². The summed E-state index contributed by atoms with van der Waals surface area (Å²) in [6, 6.07) is 13.0. The molecule has 0 radical (unpaired) electrons. The van der Waals surface area contributed by atoms with E-state index in [0.717, 1.165) is 30.4 Å². The molecule has 0 saturated carbocycles. The Bertz CT molecular complexity index is 1460. The molecule has 3 aliphatic heterocycles. The van der Waals surface area contributed by atoms with E-state index in [9.17, 15) is 23.2 Å². The van der Waals surface area contributed by atoms with Gasteiger partial charge in [-0.3, -0.25) is 4.57 Å². The zero-order valence-electron chi connectivity index (χ0n) is 18.8. The Balaban J connectivity index is 1.23. The quantitative estimate of drug-likeness (QED) is 0.530. The number of benzene rings is 2. The number of anilines is 1. The molecule has 11 heteroatoms. The van der Waals surface area contributed by atoms with Crippen LogP contribution in [-0.2, 0) is 24.1 Å². The number of nitriles is 1. The fraction of sp³-hybridized carbons (Fsp3) is 0.320. The van der Waals surface area contributed by atoms with Crippen molar-refractivity contribution in [1.29, 1.82) is 5.26 Å². The van der Waals surface area contributed by atoms with Crippen molar-refractivity contribution in [2.24, 2.45) is 0 Å². The monoisotopic (exact) mass is 496 g/mol.